The Hall–Kier alpha value is -2.03. The Kier molecular flexibility index (Phi) is 6.47. The summed E-state index contributed by atoms with van der Waals surface area (Å²) in [5.41, 5.74) is -0.393. The molecule has 2 heterocycles. The number of hydrogen-bond acceptors (Lipinski definition) is 5. The zero-order valence-corrected chi connectivity index (χ0v) is 19.9. The number of aliphatic hydroxyl groups is 1. The van der Waals surface area contributed by atoms with Crippen LogP contribution in [-0.2, 0) is 22.6 Å². The summed E-state index contributed by atoms with van der Waals surface area (Å²) in [5.74, 6) is 0.378. The predicted molar refractivity (Wildman–Crippen MR) is 119 cm³/mol. The maximum Gasteiger partial charge on any atom is 0.410 e. The van der Waals surface area contributed by atoms with E-state index in [0.717, 1.165) is 0 Å². The minimum atomic E-state index is -1.02. The highest BCUT2D eigenvalue weighted by molar-refractivity contribution is 6.38. The maximum absolute atomic E-state index is 12.8. The monoisotopic (exact) mass is 470 g/mol. The lowest BCUT2D eigenvalue weighted by Crippen LogP contribution is -2.53. The lowest BCUT2D eigenvalue weighted by atomic mass is 10.1. The smallest absolute Gasteiger partial charge is 0.410 e. The third-order valence-electron chi connectivity index (χ3n) is 4.70. The Morgan fingerprint density at radius 1 is 1.19 bits per heavy atom. The predicted octanol–water partition coefficient (Wildman–Crippen LogP) is 3.69. The van der Waals surface area contributed by atoms with E-state index in [1.165, 1.54) is 4.90 Å². The first kappa shape index (κ1) is 23.6. The van der Waals surface area contributed by atoms with Gasteiger partial charge in [-0.05, 0) is 46.8 Å². The van der Waals surface area contributed by atoms with Crippen molar-refractivity contribution in [2.24, 2.45) is 0 Å². The van der Waals surface area contributed by atoms with E-state index < -0.39 is 17.3 Å². The summed E-state index contributed by atoms with van der Waals surface area (Å²) in [4.78, 5) is 32.7. The van der Waals surface area contributed by atoms with Gasteiger partial charge >= 0.3 is 6.09 Å². The highest BCUT2D eigenvalue weighted by Gasteiger charge is 2.31. The fraction of sp³-hybridized carbons (Fsp3) is 0.571. The molecule has 170 valence electrons. The Labute approximate surface area is 191 Å². The standard InChI is InChI=1S/C21H28Cl2N4O4/c1-20(2,3)31-19(29)26-7-6-25(17(28)11-26)10-16-24-18-14(23)8-13(22)9-15(18)27(16)12-21(4,5)30/h8-9,30H,6-7,10-12H2,1-5H3. The number of hydrogen-bond donors (Lipinski definition) is 1. The molecule has 1 aromatic carbocycles. The molecule has 1 saturated heterocycles. The zero-order chi connectivity index (χ0) is 23.1. The summed E-state index contributed by atoms with van der Waals surface area (Å²) in [7, 11) is 0. The van der Waals surface area contributed by atoms with Gasteiger partial charge in [-0.15, -0.1) is 0 Å². The van der Waals surface area contributed by atoms with Crippen LogP contribution in [0.5, 0.6) is 0 Å². The second kappa shape index (κ2) is 8.48. The molecule has 1 aromatic heterocycles. The number of imidazole rings is 1. The van der Waals surface area contributed by atoms with Gasteiger partial charge in [0.05, 0.1) is 29.2 Å². The van der Waals surface area contributed by atoms with Crippen molar-refractivity contribution in [3.05, 3.63) is 28.0 Å². The van der Waals surface area contributed by atoms with Crippen LogP contribution in [0.1, 0.15) is 40.4 Å². The molecular weight excluding hydrogens is 443 g/mol. The van der Waals surface area contributed by atoms with Gasteiger partial charge in [0.15, 0.2) is 0 Å². The number of piperazine rings is 1. The average molecular weight is 471 g/mol. The van der Waals surface area contributed by atoms with Crippen molar-refractivity contribution < 1.29 is 19.4 Å². The first-order valence-corrected chi connectivity index (χ1v) is 10.8. The summed E-state index contributed by atoms with van der Waals surface area (Å²) in [6.07, 6.45) is -0.504. The number of aromatic nitrogens is 2. The Balaban J connectivity index is 1.83. The Morgan fingerprint density at radius 2 is 1.87 bits per heavy atom. The van der Waals surface area contributed by atoms with Crippen molar-refractivity contribution in [2.75, 3.05) is 19.6 Å². The highest BCUT2D eigenvalue weighted by Crippen LogP contribution is 2.30. The number of benzene rings is 1. The molecule has 10 heteroatoms. The number of nitrogens with zero attached hydrogens (tertiary/aromatic N) is 4. The second-order valence-electron chi connectivity index (χ2n) is 9.40. The lowest BCUT2D eigenvalue weighted by molar-refractivity contribution is -0.136. The molecule has 31 heavy (non-hydrogen) atoms. The van der Waals surface area contributed by atoms with E-state index in [1.807, 2.05) is 4.57 Å². The van der Waals surface area contributed by atoms with Crippen LogP contribution in [0.25, 0.3) is 11.0 Å². The molecule has 3 rings (SSSR count). The summed E-state index contributed by atoms with van der Waals surface area (Å²) in [5, 5.41) is 11.3. The first-order chi connectivity index (χ1) is 14.2. The molecule has 0 atom stereocenters. The second-order valence-corrected chi connectivity index (χ2v) is 10.2. The molecule has 8 nitrogen and oxygen atoms in total. The van der Waals surface area contributed by atoms with E-state index >= 15 is 0 Å². The van der Waals surface area contributed by atoms with Crippen molar-refractivity contribution >= 4 is 46.2 Å². The minimum absolute atomic E-state index is 0.0623. The SMILES string of the molecule is CC(C)(O)Cn1c(CN2CCN(C(=O)OC(C)(C)C)CC2=O)nc2c(Cl)cc(Cl)cc21. The van der Waals surface area contributed by atoms with Crippen LogP contribution in [-0.4, -0.2) is 67.3 Å². The fourth-order valence-electron chi connectivity index (χ4n) is 3.41. The number of carbonyl (C=O) groups excluding carboxylic acids is 2. The molecule has 0 saturated carbocycles. The third-order valence-corrected chi connectivity index (χ3v) is 5.21. The molecule has 0 unspecified atom stereocenters. The quantitative estimate of drug-likeness (QED) is 0.735. The maximum atomic E-state index is 12.8. The summed E-state index contributed by atoms with van der Waals surface area (Å²) in [6, 6.07) is 3.36. The molecule has 0 spiro atoms. The summed E-state index contributed by atoms with van der Waals surface area (Å²) < 4.78 is 7.20. The van der Waals surface area contributed by atoms with Crippen LogP contribution < -0.4 is 0 Å². The third kappa shape index (κ3) is 5.81. The molecule has 1 aliphatic rings. The van der Waals surface area contributed by atoms with Gasteiger partial charge in [-0.25, -0.2) is 9.78 Å². The molecule has 1 fully saturated rings. The Bertz CT molecular complexity index is 1010. The molecule has 0 bridgehead atoms. The first-order valence-electron chi connectivity index (χ1n) is 10.1. The summed E-state index contributed by atoms with van der Waals surface area (Å²) >= 11 is 12.5. The Morgan fingerprint density at radius 3 is 2.45 bits per heavy atom. The minimum Gasteiger partial charge on any atom is -0.444 e. The zero-order valence-electron chi connectivity index (χ0n) is 18.4. The van der Waals surface area contributed by atoms with Crippen molar-refractivity contribution in [3.63, 3.8) is 0 Å². The van der Waals surface area contributed by atoms with Crippen LogP contribution in [0.4, 0.5) is 4.79 Å². The van der Waals surface area contributed by atoms with Gasteiger partial charge in [-0.1, -0.05) is 23.2 Å². The van der Waals surface area contributed by atoms with Crippen LogP contribution in [0.3, 0.4) is 0 Å². The van der Waals surface area contributed by atoms with Gasteiger partial charge in [-0.3, -0.25) is 9.69 Å². The van der Waals surface area contributed by atoms with E-state index in [9.17, 15) is 14.7 Å². The number of rotatable bonds is 4. The molecule has 2 amide bonds. The number of carbonyl (C=O) groups is 2. The van der Waals surface area contributed by atoms with Crippen molar-refractivity contribution in [2.45, 2.75) is 58.9 Å². The average Bonchev–Trinajstić information content (AvgIpc) is 2.91. The molecule has 1 N–H and O–H groups in total. The van der Waals surface area contributed by atoms with Gasteiger partial charge in [0.25, 0.3) is 0 Å². The van der Waals surface area contributed by atoms with Crippen LogP contribution >= 0.6 is 23.2 Å². The van der Waals surface area contributed by atoms with Crippen LogP contribution in [0.2, 0.25) is 10.0 Å². The van der Waals surface area contributed by atoms with Gasteiger partial charge in [0.2, 0.25) is 5.91 Å². The fourth-order valence-corrected chi connectivity index (χ4v) is 3.94. The highest BCUT2D eigenvalue weighted by atomic mass is 35.5. The molecule has 0 aliphatic carbocycles. The van der Waals surface area contributed by atoms with Crippen molar-refractivity contribution in [1.29, 1.82) is 0 Å². The van der Waals surface area contributed by atoms with Crippen LogP contribution in [0, 0.1) is 0 Å². The van der Waals surface area contributed by atoms with Gasteiger partial charge in [0, 0.05) is 18.1 Å². The van der Waals surface area contributed by atoms with Crippen molar-refractivity contribution in [1.82, 2.24) is 19.4 Å². The van der Waals surface area contributed by atoms with Crippen molar-refractivity contribution in [3.8, 4) is 0 Å². The van der Waals surface area contributed by atoms with Crippen LogP contribution in [0.15, 0.2) is 12.1 Å². The van der Waals surface area contributed by atoms with Gasteiger partial charge in [-0.2, -0.15) is 0 Å². The number of ether oxygens (including phenoxy) is 1. The van der Waals surface area contributed by atoms with E-state index in [-0.39, 0.29) is 25.5 Å². The number of halogens is 2. The number of amides is 2. The lowest BCUT2D eigenvalue weighted by Gasteiger charge is -2.35. The summed E-state index contributed by atoms with van der Waals surface area (Å²) in [6.45, 7) is 9.86. The van der Waals surface area contributed by atoms with E-state index in [2.05, 4.69) is 4.98 Å². The van der Waals surface area contributed by atoms with Gasteiger partial charge < -0.3 is 19.3 Å². The molecule has 0 radical (unpaired) electrons. The van der Waals surface area contributed by atoms with E-state index in [0.29, 0.717) is 40.0 Å². The molecular formula is C21H28Cl2N4O4. The molecule has 1 aliphatic heterocycles. The van der Waals surface area contributed by atoms with E-state index in [1.54, 1.807) is 51.7 Å². The topological polar surface area (TPSA) is 87.9 Å². The number of fused-ring (bicyclic) bond motifs is 1. The largest absolute Gasteiger partial charge is 0.444 e. The normalized spacial score (nSPS) is 15.7. The molecule has 2 aromatic rings. The van der Waals surface area contributed by atoms with E-state index in [4.69, 9.17) is 27.9 Å². The van der Waals surface area contributed by atoms with Gasteiger partial charge in [0.1, 0.15) is 23.5 Å².